The minimum atomic E-state index is 0. The molecule has 2 N–H and O–H groups in total. The van der Waals surface area contributed by atoms with E-state index in [2.05, 4.69) is 28.8 Å². The first-order valence-corrected chi connectivity index (χ1v) is 7.02. The largest absolute Gasteiger partial charge is 0.375 e. The highest BCUT2D eigenvalue weighted by atomic mass is 35.5. The van der Waals surface area contributed by atoms with Crippen molar-refractivity contribution in [3.05, 3.63) is 35.4 Å². The van der Waals surface area contributed by atoms with E-state index < -0.39 is 0 Å². The minimum absolute atomic E-state index is 0. The van der Waals surface area contributed by atoms with Crippen LogP contribution >= 0.6 is 12.4 Å². The van der Waals surface area contributed by atoms with Crippen LogP contribution in [0, 0.1) is 0 Å². The number of aryl methyl sites for hydroxylation is 1. The van der Waals surface area contributed by atoms with E-state index in [0.29, 0.717) is 13.0 Å². The summed E-state index contributed by atoms with van der Waals surface area (Å²) in [6.07, 6.45) is 2.54. The number of amides is 1. The van der Waals surface area contributed by atoms with Crippen LogP contribution in [0.3, 0.4) is 0 Å². The van der Waals surface area contributed by atoms with E-state index in [1.54, 1.807) is 0 Å². The number of nitrogens with one attached hydrogen (secondary N) is 2. The molecule has 0 bridgehead atoms. The molecule has 1 aliphatic heterocycles. The second-order valence-electron chi connectivity index (χ2n) is 5.26. The second kappa shape index (κ2) is 7.07. The van der Waals surface area contributed by atoms with Crippen molar-refractivity contribution in [1.82, 2.24) is 10.6 Å². The molecule has 4 nitrogen and oxygen atoms in total. The van der Waals surface area contributed by atoms with Gasteiger partial charge in [0.05, 0.1) is 25.2 Å². The van der Waals surface area contributed by atoms with E-state index >= 15 is 0 Å². The number of morpholine rings is 1. The van der Waals surface area contributed by atoms with Crippen molar-refractivity contribution >= 4 is 18.3 Å². The van der Waals surface area contributed by atoms with Crippen molar-refractivity contribution in [2.75, 3.05) is 19.7 Å². The number of benzene rings is 1. The number of fused-ring (bicyclic) bond motifs is 1. The first-order valence-electron chi connectivity index (χ1n) is 7.02. The van der Waals surface area contributed by atoms with Crippen LogP contribution < -0.4 is 10.6 Å². The van der Waals surface area contributed by atoms with E-state index in [4.69, 9.17) is 4.74 Å². The molecule has 2 unspecified atom stereocenters. The summed E-state index contributed by atoms with van der Waals surface area (Å²) in [6.45, 7) is 2.35. The second-order valence-corrected chi connectivity index (χ2v) is 5.26. The summed E-state index contributed by atoms with van der Waals surface area (Å²) in [5, 5.41) is 6.38. The number of ether oxygens (including phenoxy) is 1. The van der Waals surface area contributed by atoms with Crippen molar-refractivity contribution in [2.24, 2.45) is 0 Å². The Balaban J connectivity index is 0.00000147. The molecule has 1 saturated heterocycles. The lowest BCUT2D eigenvalue weighted by atomic mass is 10.1. The van der Waals surface area contributed by atoms with Gasteiger partial charge in [-0.3, -0.25) is 4.79 Å². The first-order chi connectivity index (χ1) is 9.33. The summed E-state index contributed by atoms with van der Waals surface area (Å²) in [4.78, 5) is 12.1. The van der Waals surface area contributed by atoms with Crippen molar-refractivity contribution < 1.29 is 9.53 Å². The number of rotatable bonds is 3. The lowest BCUT2D eigenvalue weighted by molar-refractivity contribution is -0.125. The van der Waals surface area contributed by atoms with Gasteiger partial charge < -0.3 is 15.4 Å². The molecule has 20 heavy (non-hydrogen) atoms. The molecule has 110 valence electrons. The van der Waals surface area contributed by atoms with Gasteiger partial charge in [0, 0.05) is 13.1 Å². The maximum absolute atomic E-state index is 12.1. The van der Waals surface area contributed by atoms with Gasteiger partial charge in [0.15, 0.2) is 0 Å². The van der Waals surface area contributed by atoms with Gasteiger partial charge in [0.25, 0.3) is 0 Å². The fourth-order valence-corrected chi connectivity index (χ4v) is 2.92. The van der Waals surface area contributed by atoms with Gasteiger partial charge in [0.2, 0.25) is 5.91 Å². The lowest BCUT2D eigenvalue weighted by Crippen LogP contribution is -2.41. The first kappa shape index (κ1) is 15.3. The number of halogens is 1. The highest BCUT2D eigenvalue weighted by molar-refractivity contribution is 5.85. The van der Waals surface area contributed by atoms with Crippen LogP contribution in [0.15, 0.2) is 24.3 Å². The number of hydrogen-bond acceptors (Lipinski definition) is 3. The average molecular weight is 297 g/mol. The van der Waals surface area contributed by atoms with Crippen LogP contribution in [0.2, 0.25) is 0 Å². The molecule has 5 heteroatoms. The smallest absolute Gasteiger partial charge is 0.223 e. The van der Waals surface area contributed by atoms with E-state index in [-0.39, 0.29) is 30.5 Å². The molecule has 2 atom stereocenters. The molecule has 0 saturated carbocycles. The quantitative estimate of drug-likeness (QED) is 0.891. The zero-order chi connectivity index (χ0) is 13.1. The number of carbonyl (C=O) groups is 1. The van der Waals surface area contributed by atoms with Gasteiger partial charge in [-0.05, 0) is 24.0 Å². The van der Waals surface area contributed by atoms with Crippen molar-refractivity contribution in [3.63, 3.8) is 0 Å². The standard InChI is InChI=1S/C15H20N2O2.ClH/c18-15(9-12-10-16-7-8-19-12)17-14-6-5-11-3-1-2-4-13(11)14;/h1-4,12,14,16H,5-10H2,(H,17,18);1H. The third-order valence-electron chi connectivity index (χ3n) is 3.89. The van der Waals surface area contributed by atoms with Crippen molar-refractivity contribution in [1.29, 1.82) is 0 Å². The van der Waals surface area contributed by atoms with Gasteiger partial charge in [0.1, 0.15) is 0 Å². The molecule has 1 amide bonds. The molecule has 0 radical (unpaired) electrons. The molecule has 1 heterocycles. The summed E-state index contributed by atoms with van der Waals surface area (Å²) < 4.78 is 5.56. The van der Waals surface area contributed by atoms with Crippen LogP contribution in [0.4, 0.5) is 0 Å². The summed E-state index contributed by atoms with van der Waals surface area (Å²) in [5.74, 6) is 0.0930. The van der Waals surface area contributed by atoms with E-state index in [1.165, 1.54) is 11.1 Å². The molecule has 2 aliphatic rings. The van der Waals surface area contributed by atoms with E-state index in [9.17, 15) is 4.79 Å². The third kappa shape index (κ3) is 3.51. The monoisotopic (exact) mass is 296 g/mol. The Morgan fingerprint density at radius 1 is 1.40 bits per heavy atom. The molecule has 1 fully saturated rings. The van der Waals surface area contributed by atoms with Crippen molar-refractivity contribution in [3.8, 4) is 0 Å². The fourth-order valence-electron chi connectivity index (χ4n) is 2.92. The van der Waals surface area contributed by atoms with E-state index in [1.807, 2.05) is 6.07 Å². The molecule has 0 aromatic heterocycles. The van der Waals surface area contributed by atoms with Gasteiger partial charge in [-0.15, -0.1) is 12.4 Å². The predicted octanol–water partition coefficient (Wildman–Crippen LogP) is 1.59. The van der Waals surface area contributed by atoms with Crippen LogP contribution in [-0.2, 0) is 16.0 Å². The van der Waals surface area contributed by atoms with Crippen LogP contribution in [0.5, 0.6) is 0 Å². The van der Waals surface area contributed by atoms with Gasteiger partial charge >= 0.3 is 0 Å². The normalized spacial score (nSPS) is 24.6. The van der Waals surface area contributed by atoms with E-state index in [0.717, 1.165) is 25.9 Å². The third-order valence-corrected chi connectivity index (χ3v) is 3.89. The van der Waals surface area contributed by atoms with Crippen LogP contribution in [0.25, 0.3) is 0 Å². The highest BCUT2D eigenvalue weighted by Crippen LogP contribution is 2.30. The van der Waals surface area contributed by atoms with Crippen LogP contribution in [0.1, 0.15) is 30.0 Å². The SMILES string of the molecule is Cl.O=C(CC1CNCCO1)NC1CCc2ccccc21. The lowest BCUT2D eigenvalue weighted by Gasteiger charge is -2.24. The topological polar surface area (TPSA) is 50.4 Å². The number of hydrogen-bond donors (Lipinski definition) is 2. The molecule has 1 aromatic carbocycles. The molecule has 1 aliphatic carbocycles. The average Bonchev–Trinajstić information content (AvgIpc) is 2.83. The zero-order valence-electron chi connectivity index (χ0n) is 11.4. The Kier molecular flexibility index (Phi) is 5.40. The Morgan fingerprint density at radius 2 is 2.25 bits per heavy atom. The molecular formula is C15H21ClN2O2. The Labute approximate surface area is 125 Å². The Hall–Kier alpha value is -1.10. The van der Waals surface area contributed by atoms with Gasteiger partial charge in [-0.2, -0.15) is 0 Å². The molecule has 3 rings (SSSR count). The molecule has 0 spiro atoms. The summed E-state index contributed by atoms with van der Waals surface area (Å²) >= 11 is 0. The summed E-state index contributed by atoms with van der Waals surface area (Å²) in [5.41, 5.74) is 2.64. The van der Waals surface area contributed by atoms with Crippen LogP contribution in [-0.4, -0.2) is 31.7 Å². The minimum Gasteiger partial charge on any atom is -0.375 e. The molecule has 1 aromatic rings. The summed E-state index contributed by atoms with van der Waals surface area (Å²) in [6, 6.07) is 8.55. The Morgan fingerprint density at radius 3 is 3.05 bits per heavy atom. The van der Waals surface area contributed by atoms with Crippen molar-refractivity contribution in [2.45, 2.75) is 31.4 Å². The fraction of sp³-hybridized carbons (Fsp3) is 0.533. The van der Waals surface area contributed by atoms with Gasteiger partial charge in [-0.25, -0.2) is 0 Å². The maximum Gasteiger partial charge on any atom is 0.223 e. The zero-order valence-corrected chi connectivity index (χ0v) is 12.2. The maximum atomic E-state index is 12.1. The Bertz CT molecular complexity index is 461. The highest BCUT2D eigenvalue weighted by Gasteiger charge is 2.25. The molecular weight excluding hydrogens is 276 g/mol. The summed E-state index contributed by atoms with van der Waals surface area (Å²) in [7, 11) is 0. The number of carbonyl (C=O) groups excluding carboxylic acids is 1. The van der Waals surface area contributed by atoms with Gasteiger partial charge in [-0.1, -0.05) is 24.3 Å². The predicted molar refractivity (Wildman–Crippen MR) is 80.1 cm³/mol.